The summed E-state index contributed by atoms with van der Waals surface area (Å²) >= 11 is 0. The Morgan fingerprint density at radius 1 is 1.03 bits per heavy atom. The second-order valence-electron chi connectivity index (χ2n) is 10.2. The van der Waals surface area contributed by atoms with Crippen LogP contribution in [0.15, 0.2) is 42.5 Å². The molecule has 0 bridgehead atoms. The van der Waals surface area contributed by atoms with Gasteiger partial charge in [-0.1, -0.05) is 49.6 Å². The van der Waals surface area contributed by atoms with Gasteiger partial charge in [-0.2, -0.15) is 0 Å². The molecule has 35 heavy (non-hydrogen) atoms. The zero-order chi connectivity index (χ0) is 24.6. The predicted octanol–water partition coefficient (Wildman–Crippen LogP) is 4.44. The second kappa shape index (κ2) is 9.44. The summed E-state index contributed by atoms with van der Waals surface area (Å²) in [5, 5.41) is 2.84. The van der Waals surface area contributed by atoms with Crippen LogP contribution < -0.4 is 5.32 Å². The first-order chi connectivity index (χ1) is 16.8. The number of fused-ring (bicyclic) bond motifs is 1. The molecule has 4 amide bonds. The van der Waals surface area contributed by atoms with Crippen molar-refractivity contribution in [3.63, 3.8) is 0 Å². The Balaban J connectivity index is 1.35. The lowest BCUT2D eigenvalue weighted by molar-refractivity contribution is -0.141. The quantitative estimate of drug-likeness (QED) is 0.626. The van der Waals surface area contributed by atoms with Crippen LogP contribution in [0, 0.1) is 5.82 Å². The van der Waals surface area contributed by atoms with Gasteiger partial charge in [-0.25, -0.2) is 9.18 Å². The molecule has 0 unspecified atom stereocenters. The summed E-state index contributed by atoms with van der Waals surface area (Å²) in [6.07, 6.45) is 8.11. The van der Waals surface area contributed by atoms with E-state index in [1.54, 1.807) is 24.0 Å². The van der Waals surface area contributed by atoms with E-state index in [2.05, 4.69) is 5.32 Å². The molecule has 2 aromatic carbocycles. The van der Waals surface area contributed by atoms with E-state index in [0.717, 1.165) is 67.4 Å². The number of nitrogens with zero attached hydrogens (tertiary/aromatic N) is 2. The fourth-order valence-corrected chi connectivity index (χ4v) is 5.75. The number of urea groups is 1. The molecule has 0 spiro atoms. The normalized spacial score (nSPS) is 22.3. The molecule has 184 valence electrons. The third-order valence-corrected chi connectivity index (χ3v) is 7.85. The van der Waals surface area contributed by atoms with E-state index in [1.165, 1.54) is 23.3 Å². The smallest absolute Gasteiger partial charge is 0.325 e. The van der Waals surface area contributed by atoms with Gasteiger partial charge in [0.1, 0.15) is 17.9 Å². The number of benzene rings is 2. The summed E-state index contributed by atoms with van der Waals surface area (Å²) in [7, 11) is 0. The summed E-state index contributed by atoms with van der Waals surface area (Å²) < 4.78 is 13.4. The van der Waals surface area contributed by atoms with Crippen molar-refractivity contribution in [2.75, 3.05) is 6.54 Å². The average Bonchev–Trinajstić information content (AvgIpc) is 3.42. The molecule has 1 heterocycles. The zero-order valence-electron chi connectivity index (χ0n) is 20.2. The van der Waals surface area contributed by atoms with Gasteiger partial charge in [0.15, 0.2) is 0 Å². The van der Waals surface area contributed by atoms with Crippen LogP contribution in [0.25, 0.3) is 0 Å². The highest BCUT2D eigenvalue weighted by atomic mass is 19.1. The Kier molecular flexibility index (Phi) is 6.34. The van der Waals surface area contributed by atoms with E-state index >= 15 is 0 Å². The summed E-state index contributed by atoms with van der Waals surface area (Å²) in [4.78, 5) is 42.8. The molecular formula is C28H32FN3O3. The highest BCUT2D eigenvalue weighted by molar-refractivity contribution is 6.09. The Hall–Kier alpha value is -3.22. The van der Waals surface area contributed by atoms with Gasteiger partial charge in [0.05, 0.1) is 0 Å². The molecule has 2 aliphatic carbocycles. The molecule has 3 aliphatic rings. The Morgan fingerprint density at radius 3 is 2.49 bits per heavy atom. The van der Waals surface area contributed by atoms with Crippen molar-refractivity contribution >= 4 is 17.8 Å². The molecule has 1 aliphatic heterocycles. The summed E-state index contributed by atoms with van der Waals surface area (Å²) in [6.45, 7) is 1.74. The van der Waals surface area contributed by atoms with Crippen molar-refractivity contribution in [3.05, 3.63) is 70.5 Å². The minimum Gasteiger partial charge on any atom is -0.334 e. The molecule has 1 N–H and O–H groups in total. The van der Waals surface area contributed by atoms with Gasteiger partial charge in [-0.05, 0) is 73.4 Å². The number of nitrogens with one attached hydrogen (secondary N) is 1. The van der Waals surface area contributed by atoms with Gasteiger partial charge >= 0.3 is 6.03 Å². The molecule has 0 aromatic heterocycles. The number of rotatable bonds is 6. The van der Waals surface area contributed by atoms with Gasteiger partial charge in [-0.15, -0.1) is 0 Å². The molecule has 6 nitrogen and oxygen atoms in total. The molecule has 1 saturated heterocycles. The van der Waals surface area contributed by atoms with Crippen LogP contribution in [0.3, 0.4) is 0 Å². The van der Waals surface area contributed by atoms with Gasteiger partial charge in [0, 0.05) is 12.6 Å². The van der Waals surface area contributed by atoms with Crippen LogP contribution in [-0.4, -0.2) is 40.2 Å². The average molecular weight is 478 g/mol. The largest absolute Gasteiger partial charge is 0.334 e. The third kappa shape index (κ3) is 4.56. The van der Waals surface area contributed by atoms with Gasteiger partial charge in [0.25, 0.3) is 5.91 Å². The van der Waals surface area contributed by atoms with Crippen molar-refractivity contribution in [1.29, 1.82) is 0 Å². The third-order valence-electron chi connectivity index (χ3n) is 7.85. The Bertz CT molecular complexity index is 1140. The molecule has 7 heteroatoms. The predicted molar refractivity (Wildman–Crippen MR) is 130 cm³/mol. The molecule has 1 saturated carbocycles. The highest BCUT2D eigenvalue weighted by Gasteiger charge is 2.50. The monoisotopic (exact) mass is 477 g/mol. The number of hydrogen-bond donors (Lipinski definition) is 1. The van der Waals surface area contributed by atoms with Crippen LogP contribution in [0.5, 0.6) is 0 Å². The fourth-order valence-electron chi connectivity index (χ4n) is 5.75. The summed E-state index contributed by atoms with van der Waals surface area (Å²) in [5.74, 6) is -0.989. The minimum absolute atomic E-state index is 0.0464. The molecule has 2 fully saturated rings. The Labute approximate surface area is 205 Å². The molecule has 1 atom stereocenters. The number of carbonyl (C=O) groups is 3. The van der Waals surface area contributed by atoms with E-state index in [1.807, 2.05) is 18.2 Å². The van der Waals surface area contributed by atoms with Crippen molar-refractivity contribution in [1.82, 2.24) is 15.1 Å². The van der Waals surface area contributed by atoms with Crippen molar-refractivity contribution in [2.24, 2.45) is 0 Å². The first-order valence-corrected chi connectivity index (χ1v) is 12.7. The first kappa shape index (κ1) is 23.5. The van der Waals surface area contributed by atoms with Gasteiger partial charge in [0.2, 0.25) is 5.91 Å². The van der Waals surface area contributed by atoms with E-state index in [0.29, 0.717) is 6.54 Å². The van der Waals surface area contributed by atoms with E-state index in [9.17, 15) is 18.8 Å². The maximum absolute atomic E-state index is 13.5. The number of imide groups is 1. The topological polar surface area (TPSA) is 69.7 Å². The van der Waals surface area contributed by atoms with Crippen LogP contribution in [0.2, 0.25) is 0 Å². The number of carbonyl (C=O) groups excluding carboxylic acids is 3. The van der Waals surface area contributed by atoms with Gasteiger partial charge in [-0.3, -0.25) is 14.5 Å². The number of aryl methyl sites for hydroxylation is 2. The molecule has 2 aromatic rings. The van der Waals surface area contributed by atoms with E-state index < -0.39 is 17.5 Å². The number of hydrogen-bond acceptors (Lipinski definition) is 3. The summed E-state index contributed by atoms with van der Waals surface area (Å²) in [6, 6.07) is 11.6. The van der Waals surface area contributed by atoms with Crippen LogP contribution >= 0.6 is 0 Å². The zero-order valence-corrected chi connectivity index (χ0v) is 20.2. The second-order valence-corrected chi connectivity index (χ2v) is 10.2. The maximum Gasteiger partial charge on any atom is 0.325 e. The first-order valence-electron chi connectivity index (χ1n) is 12.7. The standard InChI is InChI=1S/C28H32FN3O3/c1-28(22-13-12-20-6-5-7-21(20)16-22)26(34)32(27(35)30-28)18-25(33)31(24-8-3-2-4-9-24)17-19-10-14-23(29)15-11-19/h10-16,24H,2-9,17-18H2,1H3,(H,30,35)/t28-/m1/s1. The molecule has 5 rings (SSSR count). The van der Waals surface area contributed by atoms with Crippen LogP contribution in [0.1, 0.15) is 67.7 Å². The Morgan fingerprint density at radius 2 is 1.74 bits per heavy atom. The number of amides is 4. The van der Waals surface area contributed by atoms with Gasteiger partial charge < -0.3 is 10.2 Å². The lowest BCUT2D eigenvalue weighted by atomic mass is 9.89. The maximum atomic E-state index is 13.5. The van der Waals surface area contributed by atoms with Crippen molar-refractivity contribution in [2.45, 2.75) is 76.4 Å². The minimum atomic E-state index is -1.19. The lowest BCUT2D eigenvalue weighted by Gasteiger charge is -2.35. The van der Waals surface area contributed by atoms with E-state index in [4.69, 9.17) is 0 Å². The fraction of sp³-hybridized carbons (Fsp3) is 0.464. The highest BCUT2D eigenvalue weighted by Crippen LogP contribution is 2.33. The van der Waals surface area contributed by atoms with Crippen molar-refractivity contribution in [3.8, 4) is 0 Å². The molecule has 0 radical (unpaired) electrons. The number of halogens is 1. The summed E-state index contributed by atoms with van der Waals surface area (Å²) in [5.41, 5.74) is 2.90. The van der Waals surface area contributed by atoms with Crippen LogP contribution in [-0.2, 0) is 34.5 Å². The molecular weight excluding hydrogens is 445 g/mol. The van der Waals surface area contributed by atoms with Crippen LogP contribution in [0.4, 0.5) is 9.18 Å². The SMILES string of the molecule is C[C@]1(c2ccc3c(c2)CCC3)NC(=O)N(CC(=O)N(Cc2ccc(F)cc2)C2CCCCC2)C1=O. The van der Waals surface area contributed by atoms with Crippen molar-refractivity contribution < 1.29 is 18.8 Å². The van der Waals surface area contributed by atoms with E-state index in [-0.39, 0.29) is 24.3 Å². The lowest BCUT2D eigenvalue weighted by Crippen LogP contribution is -2.48.